The molecule has 0 saturated carbocycles. The Bertz CT molecular complexity index is 906. The van der Waals surface area contributed by atoms with E-state index in [0.29, 0.717) is 28.0 Å². The second kappa shape index (κ2) is 6.13. The van der Waals surface area contributed by atoms with Gasteiger partial charge in [0.1, 0.15) is 23.5 Å². The van der Waals surface area contributed by atoms with Gasteiger partial charge in [-0.25, -0.2) is 9.97 Å². The lowest BCUT2D eigenvalue weighted by Crippen LogP contribution is -2.23. The van der Waals surface area contributed by atoms with Crippen molar-refractivity contribution in [2.75, 3.05) is 23.4 Å². The van der Waals surface area contributed by atoms with Crippen LogP contribution in [0.5, 0.6) is 0 Å². The molecule has 0 radical (unpaired) electrons. The highest BCUT2D eigenvalue weighted by Crippen LogP contribution is 2.25. The standard InChI is InChI=1S/C15H17N7O2/c1-7(5-23)21-14-11(13(17)19-6-20-14)12(16)8-2-3-10-9(4-8)22-15(18)24-10/h2-4,6-7,16,23H,5H2,1H3,(H2,18,22)(H3,17,19,20,21). The molecule has 1 unspecified atom stereocenters. The van der Waals surface area contributed by atoms with Crippen molar-refractivity contribution < 1.29 is 9.52 Å². The Kier molecular flexibility index (Phi) is 4.00. The number of benzene rings is 1. The molecule has 9 heteroatoms. The number of nitrogens with zero attached hydrogens (tertiary/aromatic N) is 3. The molecule has 1 atom stereocenters. The number of aliphatic hydroxyl groups excluding tert-OH is 1. The summed E-state index contributed by atoms with van der Waals surface area (Å²) in [5, 5.41) is 20.7. The summed E-state index contributed by atoms with van der Waals surface area (Å²) in [6.07, 6.45) is 1.31. The molecule has 2 heterocycles. The van der Waals surface area contributed by atoms with Gasteiger partial charge in [-0.2, -0.15) is 4.98 Å². The predicted molar refractivity (Wildman–Crippen MR) is 91.0 cm³/mol. The van der Waals surface area contributed by atoms with Crippen molar-refractivity contribution in [2.24, 2.45) is 0 Å². The lowest BCUT2D eigenvalue weighted by molar-refractivity contribution is 0.281. The van der Waals surface area contributed by atoms with Gasteiger partial charge in [0.2, 0.25) is 0 Å². The monoisotopic (exact) mass is 327 g/mol. The zero-order chi connectivity index (χ0) is 17.3. The number of nitrogens with two attached hydrogens (primary N) is 2. The van der Waals surface area contributed by atoms with Gasteiger partial charge in [0.25, 0.3) is 6.01 Å². The lowest BCUT2D eigenvalue weighted by Gasteiger charge is -2.16. The number of nitrogen functional groups attached to an aromatic ring is 2. The van der Waals surface area contributed by atoms with Crippen molar-refractivity contribution in [1.82, 2.24) is 15.0 Å². The molecule has 0 aliphatic heterocycles. The van der Waals surface area contributed by atoms with E-state index in [0.717, 1.165) is 0 Å². The molecule has 0 fully saturated rings. The summed E-state index contributed by atoms with van der Waals surface area (Å²) in [6, 6.07) is 4.90. The minimum absolute atomic E-state index is 0.0652. The molecule has 9 nitrogen and oxygen atoms in total. The second-order valence-electron chi connectivity index (χ2n) is 5.32. The van der Waals surface area contributed by atoms with Gasteiger partial charge in [0.05, 0.1) is 17.9 Å². The Morgan fingerprint density at radius 1 is 1.38 bits per heavy atom. The molecular formula is C15H17N7O2. The number of rotatable bonds is 5. The molecule has 3 rings (SSSR count). The minimum atomic E-state index is -0.247. The Morgan fingerprint density at radius 2 is 2.17 bits per heavy atom. The van der Waals surface area contributed by atoms with Gasteiger partial charge >= 0.3 is 0 Å². The van der Waals surface area contributed by atoms with Crippen molar-refractivity contribution in [1.29, 1.82) is 5.41 Å². The van der Waals surface area contributed by atoms with Crippen LogP contribution in [0, 0.1) is 5.41 Å². The molecule has 0 aliphatic carbocycles. The van der Waals surface area contributed by atoms with Crippen LogP contribution in [0.25, 0.3) is 11.1 Å². The minimum Gasteiger partial charge on any atom is -0.424 e. The summed E-state index contributed by atoms with van der Waals surface area (Å²) in [4.78, 5) is 12.1. The predicted octanol–water partition coefficient (Wildman–Crippen LogP) is 0.991. The van der Waals surface area contributed by atoms with Crippen LogP contribution in [0.4, 0.5) is 17.7 Å². The van der Waals surface area contributed by atoms with Gasteiger partial charge in [-0.3, -0.25) is 5.41 Å². The number of oxazole rings is 1. The fourth-order valence-corrected chi connectivity index (χ4v) is 2.28. The van der Waals surface area contributed by atoms with Crippen LogP contribution in [0.1, 0.15) is 18.1 Å². The zero-order valence-electron chi connectivity index (χ0n) is 12.9. The Morgan fingerprint density at radius 3 is 2.92 bits per heavy atom. The van der Waals surface area contributed by atoms with E-state index in [1.54, 1.807) is 25.1 Å². The second-order valence-corrected chi connectivity index (χ2v) is 5.32. The summed E-state index contributed by atoms with van der Waals surface area (Å²) in [5.74, 6) is 0.552. The quantitative estimate of drug-likeness (QED) is 0.434. The molecule has 24 heavy (non-hydrogen) atoms. The van der Waals surface area contributed by atoms with E-state index in [2.05, 4.69) is 20.3 Å². The van der Waals surface area contributed by atoms with Gasteiger partial charge in [0, 0.05) is 11.6 Å². The van der Waals surface area contributed by atoms with E-state index in [1.165, 1.54) is 6.33 Å². The maximum absolute atomic E-state index is 9.21. The van der Waals surface area contributed by atoms with Crippen LogP contribution in [0.15, 0.2) is 28.9 Å². The average Bonchev–Trinajstić information content (AvgIpc) is 2.93. The van der Waals surface area contributed by atoms with E-state index in [1.807, 2.05) is 0 Å². The van der Waals surface area contributed by atoms with Crippen molar-refractivity contribution in [3.8, 4) is 0 Å². The number of nitrogens with one attached hydrogen (secondary N) is 2. The topological polar surface area (TPSA) is 160 Å². The summed E-state index contributed by atoms with van der Waals surface area (Å²) in [6.45, 7) is 1.71. The molecular weight excluding hydrogens is 310 g/mol. The zero-order valence-corrected chi connectivity index (χ0v) is 12.9. The number of anilines is 3. The van der Waals surface area contributed by atoms with E-state index >= 15 is 0 Å². The molecule has 0 aliphatic rings. The largest absolute Gasteiger partial charge is 0.424 e. The number of aliphatic hydroxyl groups is 1. The average molecular weight is 327 g/mol. The van der Waals surface area contributed by atoms with E-state index in [-0.39, 0.29) is 30.2 Å². The molecule has 3 aromatic rings. The first kappa shape index (κ1) is 15.7. The van der Waals surface area contributed by atoms with Crippen LogP contribution in [-0.2, 0) is 0 Å². The number of aromatic nitrogens is 3. The van der Waals surface area contributed by atoms with E-state index in [4.69, 9.17) is 21.3 Å². The van der Waals surface area contributed by atoms with E-state index in [9.17, 15) is 5.11 Å². The summed E-state index contributed by atoms with van der Waals surface area (Å²) in [5.41, 5.74) is 13.6. The van der Waals surface area contributed by atoms with Crippen LogP contribution in [-0.4, -0.2) is 38.4 Å². The molecule has 0 bridgehead atoms. The Labute approximate surface area is 137 Å². The lowest BCUT2D eigenvalue weighted by atomic mass is 10.0. The van der Waals surface area contributed by atoms with Crippen molar-refractivity contribution in [2.45, 2.75) is 13.0 Å². The highest BCUT2D eigenvalue weighted by Gasteiger charge is 2.18. The Balaban J connectivity index is 2.04. The number of hydrogen-bond acceptors (Lipinski definition) is 9. The highest BCUT2D eigenvalue weighted by atomic mass is 16.4. The molecule has 0 amide bonds. The van der Waals surface area contributed by atoms with Crippen molar-refractivity contribution in [3.05, 3.63) is 35.7 Å². The fourth-order valence-electron chi connectivity index (χ4n) is 2.28. The van der Waals surface area contributed by atoms with Crippen molar-refractivity contribution in [3.63, 3.8) is 0 Å². The number of hydrogen-bond donors (Lipinski definition) is 5. The maximum Gasteiger partial charge on any atom is 0.292 e. The summed E-state index contributed by atoms with van der Waals surface area (Å²) < 4.78 is 5.23. The molecule has 1 aromatic carbocycles. The highest BCUT2D eigenvalue weighted by molar-refractivity contribution is 6.17. The smallest absolute Gasteiger partial charge is 0.292 e. The van der Waals surface area contributed by atoms with Gasteiger partial charge in [-0.05, 0) is 25.1 Å². The fraction of sp³-hybridized carbons (Fsp3) is 0.200. The van der Waals surface area contributed by atoms with Gasteiger partial charge in [-0.15, -0.1) is 0 Å². The van der Waals surface area contributed by atoms with Crippen LogP contribution < -0.4 is 16.8 Å². The first-order valence-electron chi connectivity index (χ1n) is 7.22. The molecule has 0 spiro atoms. The third-order valence-corrected chi connectivity index (χ3v) is 3.48. The summed E-state index contributed by atoms with van der Waals surface area (Å²) in [7, 11) is 0. The van der Waals surface area contributed by atoms with Crippen LogP contribution in [0.3, 0.4) is 0 Å². The third kappa shape index (κ3) is 2.84. The summed E-state index contributed by atoms with van der Waals surface area (Å²) >= 11 is 0. The molecule has 124 valence electrons. The normalized spacial score (nSPS) is 12.2. The van der Waals surface area contributed by atoms with Gasteiger partial charge in [0.15, 0.2) is 5.58 Å². The number of fused-ring (bicyclic) bond motifs is 1. The first-order valence-corrected chi connectivity index (χ1v) is 7.22. The van der Waals surface area contributed by atoms with Crippen molar-refractivity contribution >= 4 is 34.5 Å². The van der Waals surface area contributed by atoms with Crippen LogP contribution in [0.2, 0.25) is 0 Å². The molecule has 7 N–H and O–H groups in total. The maximum atomic E-state index is 9.21. The van der Waals surface area contributed by atoms with E-state index < -0.39 is 0 Å². The first-order chi connectivity index (χ1) is 11.5. The third-order valence-electron chi connectivity index (χ3n) is 3.48. The van der Waals surface area contributed by atoms with Crippen LogP contribution >= 0.6 is 0 Å². The van der Waals surface area contributed by atoms with Gasteiger partial charge < -0.3 is 26.3 Å². The SMILES string of the molecule is CC(CO)Nc1ncnc(N)c1C(=N)c1ccc2oc(N)nc2c1. The molecule has 2 aromatic heterocycles. The Hall–Kier alpha value is -3.20. The molecule has 0 saturated heterocycles. The van der Waals surface area contributed by atoms with Gasteiger partial charge in [-0.1, -0.05) is 0 Å².